The van der Waals surface area contributed by atoms with Gasteiger partial charge in [0.25, 0.3) is 0 Å². The Kier molecular flexibility index (Phi) is 3.74. The van der Waals surface area contributed by atoms with Crippen LogP contribution in [0.25, 0.3) is 10.9 Å². The predicted molar refractivity (Wildman–Crippen MR) is 74.9 cm³/mol. The van der Waals surface area contributed by atoms with Crippen molar-refractivity contribution in [1.82, 2.24) is 9.97 Å². The molecule has 4 heteroatoms. The first kappa shape index (κ1) is 12.0. The highest BCUT2D eigenvalue weighted by Gasteiger charge is 2.02. The minimum absolute atomic E-state index is 0.524. The minimum Gasteiger partial charge on any atom is -0.369 e. The number of para-hydroxylation sites is 1. The lowest BCUT2D eigenvalue weighted by molar-refractivity contribution is 0.607. The Bertz CT molecular complexity index is 560. The molecule has 2 N–H and O–H groups in total. The van der Waals surface area contributed by atoms with Crippen LogP contribution >= 0.6 is 12.2 Å². The fourth-order valence-corrected chi connectivity index (χ4v) is 1.92. The van der Waals surface area contributed by atoms with Crippen molar-refractivity contribution in [3.05, 3.63) is 29.0 Å². The van der Waals surface area contributed by atoms with Crippen molar-refractivity contribution >= 4 is 28.9 Å². The van der Waals surface area contributed by atoms with Gasteiger partial charge in [0.2, 0.25) is 0 Å². The van der Waals surface area contributed by atoms with Gasteiger partial charge in [-0.25, -0.2) is 4.98 Å². The number of anilines is 1. The van der Waals surface area contributed by atoms with E-state index in [9.17, 15) is 0 Å². The van der Waals surface area contributed by atoms with Crippen LogP contribution in [0.15, 0.2) is 24.3 Å². The molecule has 1 heterocycles. The Morgan fingerprint density at radius 2 is 2.12 bits per heavy atom. The number of rotatable bonds is 4. The third kappa shape index (κ3) is 3.03. The molecule has 1 aromatic carbocycles. The molecule has 0 saturated heterocycles. The predicted octanol–water partition coefficient (Wildman–Crippen LogP) is 3.75. The molecule has 0 spiro atoms. The zero-order valence-electron chi connectivity index (χ0n) is 10.2. The molecule has 0 aliphatic carbocycles. The van der Waals surface area contributed by atoms with Crippen molar-refractivity contribution in [3.8, 4) is 0 Å². The van der Waals surface area contributed by atoms with Crippen molar-refractivity contribution in [2.75, 3.05) is 11.9 Å². The lowest BCUT2D eigenvalue weighted by atomic mass is 10.1. The van der Waals surface area contributed by atoms with E-state index in [0.717, 1.165) is 29.7 Å². The molecule has 1 aromatic heterocycles. The average molecular weight is 247 g/mol. The van der Waals surface area contributed by atoms with Gasteiger partial charge in [-0.15, -0.1) is 0 Å². The summed E-state index contributed by atoms with van der Waals surface area (Å²) >= 11 is 5.12. The number of fused-ring (bicyclic) bond motifs is 1. The molecular formula is C13H17N3S. The zero-order chi connectivity index (χ0) is 12.3. The van der Waals surface area contributed by atoms with Crippen LogP contribution in [-0.2, 0) is 0 Å². The maximum absolute atomic E-state index is 5.12. The van der Waals surface area contributed by atoms with Gasteiger partial charge in [-0.05, 0) is 36.7 Å². The van der Waals surface area contributed by atoms with Gasteiger partial charge in [0.15, 0.2) is 4.77 Å². The van der Waals surface area contributed by atoms with Gasteiger partial charge in [0.05, 0.1) is 5.52 Å². The lowest BCUT2D eigenvalue weighted by Crippen LogP contribution is -2.07. The number of hydrogen-bond donors (Lipinski definition) is 2. The maximum atomic E-state index is 5.12. The van der Waals surface area contributed by atoms with E-state index < -0.39 is 0 Å². The number of H-pyrrole nitrogens is 1. The molecule has 0 fully saturated rings. The minimum atomic E-state index is 0.524. The number of aromatic nitrogens is 2. The highest BCUT2D eigenvalue weighted by Crippen LogP contribution is 2.19. The van der Waals surface area contributed by atoms with E-state index in [0.29, 0.717) is 10.7 Å². The van der Waals surface area contributed by atoms with Gasteiger partial charge in [-0.3, -0.25) is 0 Å². The Hall–Kier alpha value is -1.42. The molecule has 3 nitrogen and oxygen atoms in total. The summed E-state index contributed by atoms with van der Waals surface area (Å²) in [6.45, 7) is 5.35. The third-order valence-electron chi connectivity index (χ3n) is 2.65. The quantitative estimate of drug-likeness (QED) is 0.808. The number of nitrogens with zero attached hydrogens (tertiary/aromatic N) is 1. The van der Waals surface area contributed by atoms with Crippen LogP contribution in [-0.4, -0.2) is 16.5 Å². The molecule has 0 aliphatic rings. The summed E-state index contributed by atoms with van der Waals surface area (Å²) in [5.74, 6) is 1.57. The maximum Gasteiger partial charge on any atom is 0.199 e. The second-order valence-electron chi connectivity index (χ2n) is 4.55. The summed E-state index contributed by atoms with van der Waals surface area (Å²) in [6.07, 6.45) is 1.13. The van der Waals surface area contributed by atoms with Crippen molar-refractivity contribution < 1.29 is 0 Å². The van der Waals surface area contributed by atoms with Gasteiger partial charge in [-0.1, -0.05) is 26.0 Å². The molecule has 90 valence electrons. The molecule has 2 rings (SSSR count). The molecule has 0 atom stereocenters. The highest BCUT2D eigenvalue weighted by atomic mass is 32.1. The van der Waals surface area contributed by atoms with Gasteiger partial charge >= 0.3 is 0 Å². The monoisotopic (exact) mass is 247 g/mol. The topological polar surface area (TPSA) is 40.7 Å². The summed E-state index contributed by atoms with van der Waals surface area (Å²) in [6, 6.07) is 8.06. The average Bonchev–Trinajstić information content (AvgIpc) is 2.28. The van der Waals surface area contributed by atoms with Crippen LogP contribution in [0.2, 0.25) is 0 Å². The normalized spacial score (nSPS) is 11.0. The first-order valence-electron chi connectivity index (χ1n) is 5.90. The first-order chi connectivity index (χ1) is 8.16. The van der Waals surface area contributed by atoms with E-state index in [-0.39, 0.29) is 0 Å². The van der Waals surface area contributed by atoms with Gasteiger partial charge in [0, 0.05) is 11.9 Å². The summed E-state index contributed by atoms with van der Waals surface area (Å²) in [7, 11) is 0. The van der Waals surface area contributed by atoms with E-state index in [2.05, 4.69) is 29.1 Å². The van der Waals surface area contributed by atoms with Crippen molar-refractivity contribution in [1.29, 1.82) is 0 Å². The van der Waals surface area contributed by atoms with Crippen molar-refractivity contribution in [2.24, 2.45) is 5.92 Å². The zero-order valence-corrected chi connectivity index (χ0v) is 11.0. The summed E-state index contributed by atoms with van der Waals surface area (Å²) in [5.41, 5.74) is 1.03. The number of nitrogens with one attached hydrogen (secondary N) is 2. The van der Waals surface area contributed by atoms with Crippen molar-refractivity contribution in [2.45, 2.75) is 20.3 Å². The summed E-state index contributed by atoms with van der Waals surface area (Å²) in [5, 5.41) is 4.45. The third-order valence-corrected chi connectivity index (χ3v) is 2.84. The Morgan fingerprint density at radius 3 is 2.88 bits per heavy atom. The van der Waals surface area contributed by atoms with E-state index in [1.807, 2.05) is 24.3 Å². The van der Waals surface area contributed by atoms with Crippen LogP contribution in [0, 0.1) is 10.7 Å². The van der Waals surface area contributed by atoms with Crippen LogP contribution in [0.3, 0.4) is 0 Å². The highest BCUT2D eigenvalue weighted by molar-refractivity contribution is 7.71. The SMILES string of the molecule is CC(C)CCNc1nc(=S)[nH]c2ccccc12. The summed E-state index contributed by atoms with van der Waals surface area (Å²) in [4.78, 5) is 7.44. The van der Waals surface area contributed by atoms with E-state index in [4.69, 9.17) is 12.2 Å². The molecule has 0 amide bonds. The van der Waals surface area contributed by atoms with Crippen LogP contribution in [0.4, 0.5) is 5.82 Å². The van der Waals surface area contributed by atoms with Gasteiger partial charge < -0.3 is 10.3 Å². The molecule has 2 aromatic rings. The standard InChI is InChI=1S/C13H17N3S/c1-9(2)7-8-14-12-10-5-3-4-6-11(10)15-13(17)16-12/h3-6,9H,7-8H2,1-2H3,(H2,14,15,16,17). The number of aromatic amines is 1. The second-order valence-corrected chi connectivity index (χ2v) is 4.93. The van der Waals surface area contributed by atoms with Crippen LogP contribution < -0.4 is 5.32 Å². The molecule has 0 aliphatic heterocycles. The molecule has 0 unspecified atom stereocenters. The molecule has 0 bridgehead atoms. The summed E-state index contributed by atoms with van der Waals surface area (Å²) < 4.78 is 0.524. The van der Waals surface area contributed by atoms with E-state index >= 15 is 0 Å². The van der Waals surface area contributed by atoms with Crippen LogP contribution in [0.1, 0.15) is 20.3 Å². The molecule has 17 heavy (non-hydrogen) atoms. The Balaban J connectivity index is 2.29. The number of hydrogen-bond acceptors (Lipinski definition) is 3. The van der Waals surface area contributed by atoms with Crippen LogP contribution in [0.5, 0.6) is 0 Å². The fourth-order valence-electron chi connectivity index (χ4n) is 1.72. The largest absolute Gasteiger partial charge is 0.369 e. The van der Waals surface area contributed by atoms with Gasteiger partial charge in [-0.2, -0.15) is 0 Å². The van der Waals surface area contributed by atoms with Gasteiger partial charge in [0.1, 0.15) is 5.82 Å². The fraction of sp³-hybridized carbons (Fsp3) is 0.385. The van der Waals surface area contributed by atoms with Crippen molar-refractivity contribution in [3.63, 3.8) is 0 Å². The Morgan fingerprint density at radius 1 is 1.35 bits per heavy atom. The Labute approximate surface area is 106 Å². The van der Waals surface area contributed by atoms with E-state index in [1.165, 1.54) is 0 Å². The van der Waals surface area contributed by atoms with E-state index in [1.54, 1.807) is 0 Å². The molecule has 0 radical (unpaired) electrons. The first-order valence-corrected chi connectivity index (χ1v) is 6.30. The molecular weight excluding hydrogens is 230 g/mol. The number of benzene rings is 1. The second kappa shape index (κ2) is 5.27. The smallest absolute Gasteiger partial charge is 0.199 e. The molecule has 0 saturated carbocycles. The lowest BCUT2D eigenvalue weighted by Gasteiger charge is -2.09.